The second-order valence-corrected chi connectivity index (χ2v) is 3.08. The normalized spacial score (nSPS) is 19.5. The molecule has 2 nitrogen and oxygen atoms in total. The Morgan fingerprint density at radius 1 is 1.73 bits per heavy atom. The molecule has 0 aliphatic carbocycles. The van der Waals surface area contributed by atoms with Crippen LogP contribution in [0.1, 0.15) is 19.3 Å². The van der Waals surface area contributed by atoms with E-state index >= 15 is 0 Å². The molecule has 0 saturated carbocycles. The number of hydrogen-bond acceptors (Lipinski definition) is 2. The molecule has 1 aliphatic rings. The average molecular weight is 153 g/mol. The van der Waals surface area contributed by atoms with Crippen molar-refractivity contribution in [3.05, 3.63) is 11.6 Å². The molecule has 1 aliphatic heterocycles. The highest BCUT2D eigenvalue weighted by molar-refractivity contribution is 5.49. The lowest BCUT2D eigenvalue weighted by Gasteiger charge is -2.21. The number of carbonyl (C=O) groups is 1. The van der Waals surface area contributed by atoms with Gasteiger partial charge in [-0.05, 0) is 19.9 Å². The number of carbonyl (C=O) groups excluding carboxylic acids is 1. The van der Waals surface area contributed by atoms with Gasteiger partial charge in [0.1, 0.15) is 6.29 Å². The number of rotatable bonds is 3. The van der Waals surface area contributed by atoms with Gasteiger partial charge in [-0.2, -0.15) is 0 Å². The van der Waals surface area contributed by atoms with Crippen LogP contribution in [0.25, 0.3) is 0 Å². The molecule has 0 atom stereocenters. The molecule has 1 rings (SSSR count). The van der Waals surface area contributed by atoms with Gasteiger partial charge in [0, 0.05) is 19.5 Å². The molecule has 0 aromatic rings. The minimum absolute atomic E-state index is 0.690. The number of nitrogens with zero attached hydrogens (tertiary/aromatic N) is 1. The van der Waals surface area contributed by atoms with E-state index in [1.54, 1.807) is 0 Å². The van der Waals surface area contributed by atoms with Gasteiger partial charge in [0.05, 0.1) is 0 Å². The van der Waals surface area contributed by atoms with Crippen LogP contribution in [-0.4, -0.2) is 31.3 Å². The second-order valence-electron chi connectivity index (χ2n) is 3.08. The Labute approximate surface area is 67.9 Å². The zero-order valence-corrected chi connectivity index (χ0v) is 7.05. The van der Waals surface area contributed by atoms with E-state index in [0.717, 1.165) is 32.2 Å². The Morgan fingerprint density at radius 2 is 2.55 bits per heavy atom. The molecule has 11 heavy (non-hydrogen) atoms. The third-order valence-electron chi connectivity index (χ3n) is 2.09. The summed E-state index contributed by atoms with van der Waals surface area (Å²) in [5.74, 6) is 0. The summed E-state index contributed by atoms with van der Waals surface area (Å²) in [7, 11) is 2.12. The highest BCUT2D eigenvalue weighted by Gasteiger charge is 2.06. The Bertz CT molecular complexity index is 163. The van der Waals surface area contributed by atoms with E-state index in [0.29, 0.717) is 6.42 Å². The van der Waals surface area contributed by atoms with Gasteiger partial charge in [0.25, 0.3) is 0 Å². The van der Waals surface area contributed by atoms with Gasteiger partial charge in [0.2, 0.25) is 0 Å². The van der Waals surface area contributed by atoms with Gasteiger partial charge >= 0.3 is 0 Å². The quantitative estimate of drug-likeness (QED) is 0.449. The molecule has 0 fully saturated rings. The highest BCUT2D eigenvalue weighted by atomic mass is 16.1. The van der Waals surface area contributed by atoms with E-state index < -0.39 is 0 Å². The predicted octanol–water partition coefficient (Wildman–Crippen LogP) is 1.23. The van der Waals surface area contributed by atoms with Gasteiger partial charge in [-0.25, -0.2) is 0 Å². The van der Waals surface area contributed by atoms with Gasteiger partial charge in [-0.15, -0.1) is 0 Å². The number of hydrogen-bond donors (Lipinski definition) is 0. The highest BCUT2D eigenvalue weighted by Crippen LogP contribution is 2.13. The average Bonchev–Trinajstić information content (AvgIpc) is 2.04. The maximum Gasteiger partial charge on any atom is 0.120 e. The molecular weight excluding hydrogens is 138 g/mol. The molecule has 0 aromatic carbocycles. The third kappa shape index (κ3) is 2.85. The van der Waals surface area contributed by atoms with E-state index in [1.165, 1.54) is 5.57 Å². The standard InChI is InChI=1S/C9H15NO/c1-10-6-4-9(5-7-10)3-2-8-11/h4,8H,2-3,5-7H2,1H3. The maximum atomic E-state index is 10.1. The van der Waals surface area contributed by atoms with Crippen molar-refractivity contribution in [2.45, 2.75) is 19.3 Å². The first-order valence-corrected chi connectivity index (χ1v) is 4.13. The molecule has 62 valence electrons. The molecule has 0 radical (unpaired) electrons. The van der Waals surface area contributed by atoms with Crippen LogP contribution in [0.2, 0.25) is 0 Å². The minimum atomic E-state index is 0.690. The molecule has 0 aromatic heterocycles. The van der Waals surface area contributed by atoms with E-state index in [9.17, 15) is 4.79 Å². The molecule has 1 heterocycles. The van der Waals surface area contributed by atoms with Crippen molar-refractivity contribution in [1.82, 2.24) is 4.90 Å². The topological polar surface area (TPSA) is 20.3 Å². The van der Waals surface area contributed by atoms with Crippen LogP contribution < -0.4 is 0 Å². The monoisotopic (exact) mass is 153 g/mol. The number of likely N-dealkylation sites (N-methyl/N-ethyl adjacent to an activating group) is 1. The van der Waals surface area contributed by atoms with Gasteiger partial charge in [0.15, 0.2) is 0 Å². The van der Waals surface area contributed by atoms with E-state index in [4.69, 9.17) is 0 Å². The molecule has 0 saturated heterocycles. The molecule has 0 amide bonds. The van der Waals surface area contributed by atoms with Crippen molar-refractivity contribution < 1.29 is 4.79 Å². The first-order valence-electron chi connectivity index (χ1n) is 4.13. The van der Waals surface area contributed by atoms with Gasteiger partial charge in [-0.1, -0.05) is 11.6 Å². The predicted molar refractivity (Wildman–Crippen MR) is 45.5 cm³/mol. The van der Waals surface area contributed by atoms with Crippen LogP contribution in [0.4, 0.5) is 0 Å². The largest absolute Gasteiger partial charge is 0.303 e. The van der Waals surface area contributed by atoms with Crippen molar-refractivity contribution in [3.63, 3.8) is 0 Å². The van der Waals surface area contributed by atoms with Crippen LogP contribution in [0.5, 0.6) is 0 Å². The Kier molecular flexibility index (Phi) is 3.30. The molecule has 0 bridgehead atoms. The first-order chi connectivity index (χ1) is 5.33. The summed E-state index contributed by atoms with van der Waals surface area (Å²) in [6.07, 6.45) is 6.05. The summed E-state index contributed by atoms with van der Waals surface area (Å²) in [5.41, 5.74) is 1.45. The minimum Gasteiger partial charge on any atom is -0.303 e. The molecule has 0 N–H and O–H groups in total. The van der Waals surface area contributed by atoms with Crippen molar-refractivity contribution in [2.75, 3.05) is 20.1 Å². The maximum absolute atomic E-state index is 10.1. The zero-order valence-electron chi connectivity index (χ0n) is 7.05. The molecule has 0 spiro atoms. The van der Waals surface area contributed by atoms with Crippen LogP contribution in [0.3, 0.4) is 0 Å². The lowest BCUT2D eigenvalue weighted by molar-refractivity contribution is -0.107. The van der Waals surface area contributed by atoms with Crippen LogP contribution in [-0.2, 0) is 4.79 Å². The SMILES string of the molecule is CN1CC=C(CCC=O)CC1. The fourth-order valence-electron chi connectivity index (χ4n) is 1.28. The molecular formula is C9H15NO. The first kappa shape index (κ1) is 8.47. The fourth-order valence-corrected chi connectivity index (χ4v) is 1.28. The van der Waals surface area contributed by atoms with Crippen molar-refractivity contribution in [3.8, 4) is 0 Å². The van der Waals surface area contributed by atoms with Crippen molar-refractivity contribution >= 4 is 6.29 Å². The van der Waals surface area contributed by atoms with Crippen molar-refractivity contribution in [1.29, 1.82) is 0 Å². The summed E-state index contributed by atoms with van der Waals surface area (Å²) in [4.78, 5) is 12.4. The lowest BCUT2D eigenvalue weighted by Crippen LogP contribution is -2.24. The number of aldehydes is 1. The van der Waals surface area contributed by atoms with Crippen LogP contribution in [0.15, 0.2) is 11.6 Å². The van der Waals surface area contributed by atoms with Crippen molar-refractivity contribution in [2.24, 2.45) is 0 Å². The summed E-state index contributed by atoms with van der Waals surface area (Å²) in [5, 5.41) is 0. The van der Waals surface area contributed by atoms with Gasteiger partial charge in [-0.3, -0.25) is 0 Å². The lowest BCUT2D eigenvalue weighted by atomic mass is 10.0. The van der Waals surface area contributed by atoms with Crippen LogP contribution >= 0.6 is 0 Å². The zero-order chi connectivity index (χ0) is 8.10. The fraction of sp³-hybridized carbons (Fsp3) is 0.667. The van der Waals surface area contributed by atoms with Gasteiger partial charge < -0.3 is 9.69 Å². The Morgan fingerprint density at radius 3 is 3.09 bits per heavy atom. The second kappa shape index (κ2) is 4.29. The summed E-state index contributed by atoms with van der Waals surface area (Å²) < 4.78 is 0. The molecule has 2 heteroatoms. The smallest absolute Gasteiger partial charge is 0.120 e. The van der Waals surface area contributed by atoms with E-state index in [2.05, 4.69) is 18.0 Å². The third-order valence-corrected chi connectivity index (χ3v) is 2.09. The van der Waals surface area contributed by atoms with E-state index in [-0.39, 0.29) is 0 Å². The summed E-state index contributed by atoms with van der Waals surface area (Å²) in [6, 6.07) is 0. The Balaban J connectivity index is 2.29. The summed E-state index contributed by atoms with van der Waals surface area (Å²) in [6.45, 7) is 2.19. The summed E-state index contributed by atoms with van der Waals surface area (Å²) >= 11 is 0. The van der Waals surface area contributed by atoms with E-state index in [1.807, 2.05) is 0 Å². The van der Waals surface area contributed by atoms with Crippen LogP contribution in [0, 0.1) is 0 Å². The Hall–Kier alpha value is -0.630. The molecule has 0 unspecified atom stereocenters.